The van der Waals surface area contributed by atoms with Crippen molar-refractivity contribution in [1.82, 2.24) is 0 Å². The summed E-state index contributed by atoms with van der Waals surface area (Å²) in [4.78, 5) is 10.5. The van der Waals surface area contributed by atoms with E-state index >= 15 is 0 Å². The molecule has 1 saturated carbocycles. The van der Waals surface area contributed by atoms with Crippen molar-refractivity contribution in [2.45, 2.75) is 38.1 Å². The topological polar surface area (TPSA) is 79.0 Å². The Morgan fingerprint density at radius 1 is 1.33 bits per heavy atom. The number of nitro benzene ring substituents is 1. The number of rotatable bonds is 3. The molecule has 0 aromatic heterocycles. The number of nitro groups is 1. The first-order valence-electron chi connectivity index (χ1n) is 6.16. The van der Waals surface area contributed by atoms with Gasteiger partial charge in [-0.2, -0.15) is 5.26 Å². The van der Waals surface area contributed by atoms with Crippen LogP contribution in [0, 0.1) is 21.4 Å². The molecular weight excluding hydrogens is 230 g/mol. The molecule has 5 heteroatoms. The predicted molar refractivity (Wildman–Crippen MR) is 68.3 cm³/mol. The lowest BCUT2D eigenvalue weighted by molar-refractivity contribution is -0.384. The normalized spacial score (nSPS) is 15.9. The van der Waals surface area contributed by atoms with Gasteiger partial charge in [0, 0.05) is 12.1 Å². The SMILES string of the molecule is N#Cc1ccc([N+](=O)[O-])c(NC2CCCCC2)c1. The van der Waals surface area contributed by atoms with Gasteiger partial charge >= 0.3 is 0 Å². The maximum Gasteiger partial charge on any atom is 0.292 e. The maximum absolute atomic E-state index is 10.9. The van der Waals surface area contributed by atoms with Crippen molar-refractivity contribution < 1.29 is 4.92 Å². The van der Waals surface area contributed by atoms with Crippen LogP contribution in [0.15, 0.2) is 18.2 Å². The number of nitrogens with zero attached hydrogens (tertiary/aromatic N) is 2. The zero-order chi connectivity index (χ0) is 13.0. The molecule has 2 rings (SSSR count). The molecule has 0 bridgehead atoms. The second kappa shape index (κ2) is 5.50. The Hall–Kier alpha value is -2.09. The molecule has 1 aromatic rings. The third-order valence-corrected chi connectivity index (χ3v) is 3.29. The van der Waals surface area contributed by atoms with Crippen molar-refractivity contribution in [3.63, 3.8) is 0 Å². The third kappa shape index (κ3) is 2.77. The number of nitrogens with one attached hydrogen (secondary N) is 1. The van der Waals surface area contributed by atoms with Crippen LogP contribution in [-0.4, -0.2) is 11.0 Å². The average molecular weight is 245 g/mol. The number of nitriles is 1. The Balaban J connectivity index is 2.23. The molecule has 1 aromatic carbocycles. The molecule has 0 unspecified atom stereocenters. The molecule has 1 N–H and O–H groups in total. The summed E-state index contributed by atoms with van der Waals surface area (Å²) in [6.07, 6.45) is 5.62. The lowest BCUT2D eigenvalue weighted by Crippen LogP contribution is -2.22. The smallest absolute Gasteiger partial charge is 0.292 e. The fraction of sp³-hybridized carbons (Fsp3) is 0.462. The van der Waals surface area contributed by atoms with Crippen molar-refractivity contribution in [1.29, 1.82) is 5.26 Å². The Morgan fingerprint density at radius 2 is 2.06 bits per heavy atom. The summed E-state index contributed by atoms with van der Waals surface area (Å²) in [6.45, 7) is 0. The van der Waals surface area contributed by atoms with Crippen LogP contribution in [0.5, 0.6) is 0 Å². The van der Waals surface area contributed by atoms with E-state index in [0.29, 0.717) is 11.3 Å². The van der Waals surface area contributed by atoms with Crippen molar-refractivity contribution in [2.24, 2.45) is 0 Å². The van der Waals surface area contributed by atoms with Crippen LogP contribution in [0.2, 0.25) is 0 Å². The highest BCUT2D eigenvalue weighted by molar-refractivity contribution is 5.64. The van der Waals surface area contributed by atoms with E-state index in [2.05, 4.69) is 5.32 Å². The molecule has 0 aliphatic heterocycles. The van der Waals surface area contributed by atoms with E-state index in [1.54, 1.807) is 6.07 Å². The average Bonchev–Trinajstić information content (AvgIpc) is 2.39. The van der Waals surface area contributed by atoms with Crippen LogP contribution >= 0.6 is 0 Å². The van der Waals surface area contributed by atoms with Crippen LogP contribution in [0.1, 0.15) is 37.7 Å². The van der Waals surface area contributed by atoms with E-state index in [1.165, 1.54) is 18.6 Å². The molecule has 0 radical (unpaired) electrons. The quantitative estimate of drug-likeness (QED) is 0.655. The molecule has 94 valence electrons. The zero-order valence-corrected chi connectivity index (χ0v) is 10.1. The van der Waals surface area contributed by atoms with Gasteiger partial charge in [-0.3, -0.25) is 10.1 Å². The van der Waals surface area contributed by atoms with Gasteiger partial charge in [0.1, 0.15) is 5.69 Å². The molecule has 1 aliphatic carbocycles. The Kier molecular flexibility index (Phi) is 3.78. The first kappa shape index (κ1) is 12.4. The van der Waals surface area contributed by atoms with E-state index in [1.807, 2.05) is 6.07 Å². The zero-order valence-electron chi connectivity index (χ0n) is 10.1. The largest absolute Gasteiger partial charge is 0.377 e. The summed E-state index contributed by atoms with van der Waals surface area (Å²) in [5, 5.41) is 23.0. The number of anilines is 1. The Morgan fingerprint density at radius 3 is 2.67 bits per heavy atom. The minimum Gasteiger partial charge on any atom is -0.377 e. The summed E-state index contributed by atoms with van der Waals surface area (Å²) >= 11 is 0. The first-order valence-corrected chi connectivity index (χ1v) is 6.16. The summed E-state index contributed by atoms with van der Waals surface area (Å²) < 4.78 is 0. The summed E-state index contributed by atoms with van der Waals surface area (Å²) in [5.41, 5.74) is 0.949. The van der Waals surface area contributed by atoms with Crippen LogP contribution < -0.4 is 5.32 Å². The van der Waals surface area contributed by atoms with Gasteiger partial charge in [0.2, 0.25) is 0 Å². The lowest BCUT2D eigenvalue weighted by atomic mass is 9.95. The van der Waals surface area contributed by atoms with Crippen molar-refractivity contribution in [2.75, 3.05) is 5.32 Å². The third-order valence-electron chi connectivity index (χ3n) is 3.29. The van der Waals surface area contributed by atoms with Gasteiger partial charge in [0.15, 0.2) is 0 Å². The number of benzene rings is 1. The highest BCUT2D eigenvalue weighted by Gasteiger charge is 2.19. The first-order chi connectivity index (χ1) is 8.70. The van der Waals surface area contributed by atoms with Gasteiger partial charge in [0.05, 0.1) is 16.6 Å². The van der Waals surface area contributed by atoms with Crippen LogP contribution in [0.25, 0.3) is 0 Å². The summed E-state index contributed by atoms with van der Waals surface area (Å²) in [5.74, 6) is 0. The van der Waals surface area contributed by atoms with Gasteiger partial charge in [0.25, 0.3) is 5.69 Å². The fourth-order valence-corrected chi connectivity index (χ4v) is 2.35. The second-order valence-electron chi connectivity index (χ2n) is 4.58. The maximum atomic E-state index is 10.9. The van der Waals surface area contributed by atoms with E-state index < -0.39 is 4.92 Å². The molecule has 0 atom stereocenters. The highest BCUT2D eigenvalue weighted by atomic mass is 16.6. The second-order valence-corrected chi connectivity index (χ2v) is 4.58. The molecule has 0 amide bonds. The lowest BCUT2D eigenvalue weighted by Gasteiger charge is -2.23. The van der Waals surface area contributed by atoms with Gasteiger partial charge in [-0.15, -0.1) is 0 Å². The van der Waals surface area contributed by atoms with E-state index in [0.717, 1.165) is 25.7 Å². The summed E-state index contributed by atoms with van der Waals surface area (Å²) in [6, 6.07) is 6.72. The minimum atomic E-state index is -0.410. The van der Waals surface area contributed by atoms with Crippen molar-refractivity contribution in [3.05, 3.63) is 33.9 Å². The Labute approximate surface area is 106 Å². The summed E-state index contributed by atoms with van der Waals surface area (Å²) in [7, 11) is 0. The predicted octanol–water partition coefficient (Wildman–Crippen LogP) is 3.21. The van der Waals surface area contributed by atoms with E-state index in [9.17, 15) is 10.1 Å². The van der Waals surface area contributed by atoms with Gasteiger partial charge in [-0.1, -0.05) is 19.3 Å². The van der Waals surface area contributed by atoms with Crippen molar-refractivity contribution >= 4 is 11.4 Å². The van der Waals surface area contributed by atoms with Crippen molar-refractivity contribution in [3.8, 4) is 6.07 Å². The molecule has 0 spiro atoms. The molecule has 1 fully saturated rings. The molecular formula is C13H15N3O2. The minimum absolute atomic E-state index is 0.0413. The fourth-order valence-electron chi connectivity index (χ4n) is 2.35. The van der Waals surface area contributed by atoms with Crippen LogP contribution in [0.3, 0.4) is 0 Å². The number of hydrogen-bond donors (Lipinski definition) is 1. The van der Waals surface area contributed by atoms with Gasteiger partial charge in [-0.05, 0) is 25.0 Å². The van der Waals surface area contributed by atoms with Gasteiger partial charge < -0.3 is 5.32 Å². The molecule has 0 heterocycles. The molecule has 18 heavy (non-hydrogen) atoms. The van der Waals surface area contributed by atoms with E-state index in [-0.39, 0.29) is 11.7 Å². The molecule has 1 aliphatic rings. The van der Waals surface area contributed by atoms with Crippen LogP contribution in [-0.2, 0) is 0 Å². The van der Waals surface area contributed by atoms with Gasteiger partial charge in [-0.25, -0.2) is 0 Å². The Bertz CT molecular complexity index is 487. The molecule has 5 nitrogen and oxygen atoms in total. The highest BCUT2D eigenvalue weighted by Crippen LogP contribution is 2.29. The monoisotopic (exact) mass is 245 g/mol. The van der Waals surface area contributed by atoms with E-state index in [4.69, 9.17) is 5.26 Å². The molecule has 0 saturated heterocycles. The van der Waals surface area contributed by atoms with Crippen LogP contribution in [0.4, 0.5) is 11.4 Å². The number of hydrogen-bond acceptors (Lipinski definition) is 4. The standard InChI is InChI=1S/C13H15N3O2/c14-9-10-6-7-13(16(17)18)12(8-10)15-11-4-2-1-3-5-11/h6-8,11,15H,1-5H2.